The summed E-state index contributed by atoms with van der Waals surface area (Å²) in [7, 11) is 0. The van der Waals surface area contributed by atoms with Gasteiger partial charge in [0.2, 0.25) is 11.8 Å². The molecule has 0 saturated carbocycles. The third-order valence-electron chi connectivity index (χ3n) is 2.65. The molecule has 2 amide bonds. The lowest BCUT2D eigenvalue weighted by molar-refractivity contribution is -0.144. The number of nitrogens with one attached hydrogen (secondary N) is 2. The zero-order valence-electron chi connectivity index (χ0n) is 10.5. The van der Waals surface area contributed by atoms with Gasteiger partial charge in [-0.15, -0.1) is 0 Å². The molecule has 0 bridgehead atoms. The Morgan fingerprint density at radius 3 is 2.88 bits per heavy atom. The molecule has 0 aromatic carbocycles. The van der Waals surface area contributed by atoms with Crippen LogP contribution in [0.2, 0.25) is 0 Å². The minimum Gasteiger partial charge on any atom is -0.372 e. The van der Waals surface area contributed by atoms with Crippen LogP contribution >= 0.6 is 0 Å². The minimum absolute atomic E-state index is 0.0480. The maximum Gasteiger partial charge on any atom is 0.249 e. The van der Waals surface area contributed by atoms with Crippen molar-refractivity contribution in [3.05, 3.63) is 0 Å². The highest BCUT2D eigenvalue weighted by molar-refractivity contribution is 5.88. The van der Waals surface area contributed by atoms with Crippen molar-refractivity contribution in [2.45, 2.75) is 19.9 Å². The van der Waals surface area contributed by atoms with Crippen LogP contribution in [0, 0.1) is 0 Å². The van der Waals surface area contributed by atoms with Gasteiger partial charge in [0.15, 0.2) is 0 Å². The molecule has 1 heterocycles. The molecule has 6 heteroatoms. The Kier molecular flexibility index (Phi) is 5.93. The molecule has 0 spiro atoms. The van der Waals surface area contributed by atoms with E-state index in [1.807, 2.05) is 13.8 Å². The molecule has 2 N–H and O–H groups in total. The largest absolute Gasteiger partial charge is 0.372 e. The Morgan fingerprint density at radius 2 is 2.24 bits per heavy atom. The van der Waals surface area contributed by atoms with Crippen molar-refractivity contribution < 1.29 is 14.3 Å². The summed E-state index contributed by atoms with van der Waals surface area (Å²) in [5.41, 5.74) is 0. The standard InChI is InChI=1S/C11H21N3O3/c1-3-13-11(16)9-7-12-5-6-14(9)10(15)8-17-4-2/h9,12H,3-8H2,1-2H3,(H,13,16). The number of likely N-dealkylation sites (N-methyl/N-ethyl adjacent to an activating group) is 1. The molecule has 17 heavy (non-hydrogen) atoms. The fraction of sp³-hybridized carbons (Fsp3) is 0.818. The van der Waals surface area contributed by atoms with E-state index in [1.54, 1.807) is 4.90 Å². The topological polar surface area (TPSA) is 70.7 Å². The van der Waals surface area contributed by atoms with Crippen molar-refractivity contribution >= 4 is 11.8 Å². The molecule has 0 aromatic rings. The average Bonchev–Trinajstić information content (AvgIpc) is 2.36. The Bertz CT molecular complexity index is 271. The van der Waals surface area contributed by atoms with Crippen LogP contribution in [0.25, 0.3) is 0 Å². The number of rotatable bonds is 5. The summed E-state index contributed by atoms with van der Waals surface area (Å²) in [5.74, 6) is -0.228. The monoisotopic (exact) mass is 243 g/mol. The van der Waals surface area contributed by atoms with E-state index < -0.39 is 6.04 Å². The van der Waals surface area contributed by atoms with Crippen molar-refractivity contribution in [1.29, 1.82) is 0 Å². The lowest BCUT2D eigenvalue weighted by Crippen LogP contribution is -2.60. The summed E-state index contributed by atoms with van der Waals surface area (Å²) in [6, 6.07) is -0.420. The molecular weight excluding hydrogens is 222 g/mol. The predicted molar refractivity (Wildman–Crippen MR) is 63.5 cm³/mol. The van der Waals surface area contributed by atoms with Crippen LogP contribution in [-0.2, 0) is 14.3 Å². The van der Waals surface area contributed by atoms with Crippen molar-refractivity contribution in [2.75, 3.05) is 39.4 Å². The first-order valence-electron chi connectivity index (χ1n) is 6.06. The van der Waals surface area contributed by atoms with E-state index in [-0.39, 0.29) is 18.4 Å². The third kappa shape index (κ3) is 3.98. The van der Waals surface area contributed by atoms with Gasteiger partial charge in [-0.3, -0.25) is 9.59 Å². The highest BCUT2D eigenvalue weighted by atomic mass is 16.5. The summed E-state index contributed by atoms with van der Waals surface area (Å²) >= 11 is 0. The van der Waals surface area contributed by atoms with Gasteiger partial charge in [-0.2, -0.15) is 0 Å². The smallest absolute Gasteiger partial charge is 0.249 e. The van der Waals surface area contributed by atoms with E-state index in [4.69, 9.17) is 4.74 Å². The average molecular weight is 243 g/mol. The van der Waals surface area contributed by atoms with Crippen LogP contribution in [0.1, 0.15) is 13.8 Å². The number of carbonyl (C=O) groups excluding carboxylic acids is 2. The molecular formula is C11H21N3O3. The molecule has 0 radical (unpaired) electrons. The van der Waals surface area contributed by atoms with Crippen LogP contribution < -0.4 is 10.6 Å². The summed E-state index contributed by atoms with van der Waals surface area (Å²) in [6.07, 6.45) is 0. The van der Waals surface area contributed by atoms with E-state index in [0.29, 0.717) is 32.8 Å². The van der Waals surface area contributed by atoms with Crippen molar-refractivity contribution in [2.24, 2.45) is 0 Å². The lowest BCUT2D eigenvalue weighted by Gasteiger charge is -2.35. The van der Waals surface area contributed by atoms with Crippen LogP contribution in [0.4, 0.5) is 0 Å². The maximum atomic E-state index is 11.9. The minimum atomic E-state index is -0.420. The van der Waals surface area contributed by atoms with Crippen molar-refractivity contribution in [3.63, 3.8) is 0 Å². The van der Waals surface area contributed by atoms with Crippen LogP contribution in [0.5, 0.6) is 0 Å². The Balaban J connectivity index is 2.58. The number of hydrogen-bond acceptors (Lipinski definition) is 4. The first kappa shape index (κ1) is 13.9. The molecule has 1 aliphatic rings. The summed E-state index contributed by atoms with van der Waals surface area (Å²) in [5, 5.41) is 5.86. The molecule has 0 aliphatic carbocycles. The molecule has 1 saturated heterocycles. The van der Waals surface area contributed by atoms with E-state index in [0.717, 1.165) is 0 Å². The number of piperazine rings is 1. The van der Waals surface area contributed by atoms with Gasteiger partial charge in [0.25, 0.3) is 0 Å². The first-order chi connectivity index (χ1) is 8.20. The second-order valence-electron chi connectivity index (χ2n) is 3.84. The van der Waals surface area contributed by atoms with E-state index >= 15 is 0 Å². The van der Waals surface area contributed by atoms with Gasteiger partial charge in [-0.1, -0.05) is 0 Å². The molecule has 0 aromatic heterocycles. The number of nitrogens with zero attached hydrogens (tertiary/aromatic N) is 1. The lowest BCUT2D eigenvalue weighted by atomic mass is 10.1. The van der Waals surface area contributed by atoms with Gasteiger partial charge in [0, 0.05) is 32.8 Å². The van der Waals surface area contributed by atoms with Crippen molar-refractivity contribution in [3.8, 4) is 0 Å². The number of carbonyl (C=O) groups is 2. The van der Waals surface area contributed by atoms with Gasteiger partial charge in [-0.25, -0.2) is 0 Å². The fourth-order valence-corrected chi connectivity index (χ4v) is 1.80. The third-order valence-corrected chi connectivity index (χ3v) is 2.65. The Hall–Kier alpha value is -1.14. The fourth-order valence-electron chi connectivity index (χ4n) is 1.80. The van der Waals surface area contributed by atoms with Gasteiger partial charge in [-0.05, 0) is 13.8 Å². The number of ether oxygens (including phenoxy) is 1. The zero-order valence-corrected chi connectivity index (χ0v) is 10.5. The Labute approximate surface area is 102 Å². The zero-order chi connectivity index (χ0) is 12.7. The van der Waals surface area contributed by atoms with Crippen LogP contribution in [0.15, 0.2) is 0 Å². The second-order valence-corrected chi connectivity index (χ2v) is 3.84. The summed E-state index contributed by atoms with van der Waals surface area (Å²) < 4.78 is 5.09. The van der Waals surface area contributed by atoms with Gasteiger partial charge in [0.05, 0.1) is 0 Å². The molecule has 6 nitrogen and oxygen atoms in total. The van der Waals surface area contributed by atoms with E-state index in [9.17, 15) is 9.59 Å². The molecule has 1 aliphatic heterocycles. The van der Waals surface area contributed by atoms with E-state index in [1.165, 1.54) is 0 Å². The Morgan fingerprint density at radius 1 is 1.47 bits per heavy atom. The van der Waals surface area contributed by atoms with Gasteiger partial charge in [0.1, 0.15) is 12.6 Å². The van der Waals surface area contributed by atoms with Crippen molar-refractivity contribution in [1.82, 2.24) is 15.5 Å². The number of hydrogen-bond donors (Lipinski definition) is 2. The first-order valence-corrected chi connectivity index (χ1v) is 6.06. The SMILES string of the molecule is CCNC(=O)C1CNCCN1C(=O)COCC. The number of amides is 2. The predicted octanol–water partition coefficient (Wildman–Crippen LogP) is -1.04. The van der Waals surface area contributed by atoms with Gasteiger partial charge >= 0.3 is 0 Å². The van der Waals surface area contributed by atoms with E-state index in [2.05, 4.69) is 10.6 Å². The maximum absolute atomic E-state index is 11.9. The molecule has 1 fully saturated rings. The summed E-state index contributed by atoms with van der Waals surface area (Å²) in [6.45, 7) is 6.59. The molecule has 98 valence electrons. The molecule has 1 rings (SSSR count). The normalized spacial score (nSPS) is 20.1. The van der Waals surface area contributed by atoms with Gasteiger partial charge < -0.3 is 20.3 Å². The second kappa shape index (κ2) is 7.24. The highest BCUT2D eigenvalue weighted by Crippen LogP contribution is 2.04. The molecule has 1 unspecified atom stereocenters. The highest BCUT2D eigenvalue weighted by Gasteiger charge is 2.31. The quantitative estimate of drug-likeness (QED) is 0.647. The summed E-state index contributed by atoms with van der Waals surface area (Å²) in [4.78, 5) is 25.3. The molecule has 1 atom stereocenters. The van der Waals surface area contributed by atoms with Crippen LogP contribution in [-0.4, -0.2) is 62.1 Å². The van der Waals surface area contributed by atoms with Crippen LogP contribution in [0.3, 0.4) is 0 Å².